The molecular formula is C13H8Cl2FIN2O2. The molecule has 2 rings (SSSR count). The summed E-state index contributed by atoms with van der Waals surface area (Å²) in [7, 11) is 1.22. The van der Waals surface area contributed by atoms with E-state index in [1.54, 1.807) is 6.07 Å². The summed E-state index contributed by atoms with van der Waals surface area (Å²) in [5, 5.41) is 2.77. The smallest absolute Gasteiger partial charge is 0.341 e. The zero-order valence-electron chi connectivity index (χ0n) is 10.6. The highest BCUT2D eigenvalue weighted by Gasteiger charge is 2.19. The van der Waals surface area contributed by atoms with Crippen molar-refractivity contribution in [2.45, 2.75) is 0 Å². The van der Waals surface area contributed by atoms with Crippen LogP contribution in [-0.2, 0) is 4.74 Å². The molecule has 0 spiro atoms. The van der Waals surface area contributed by atoms with Crippen molar-refractivity contribution < 1.29 is 13.9 Å². The molecule has 110 valence electrons. The minimum atomic E-state index is -0.658. The van der Waals surface area contributed by atoms with Gasteiger partial charge in [-0.25, -0.2) is 14.2 Å². The molecule has 0 aliphatic rings. The van der Waals surface area contributed by atoms with Crippen LogP contribution < -0.4 is 5.32 Å². The maximum Gasteiger partial charge on any atom is 0.341 e. The minimum Gasteiger partial charge on any atom is -0.465 e. The minimum absolute atomic E-state index is 0.00209. The molecule has 8 heteroatoms. The van der Waals surface area contributed by atoms with E-state index in [1.807, 2.05) is 22.6 Å². The molecule has 0 bridgehead atoms. The summed E-state index contributed by atoms with van der Waals surface area (Å²) < 4.78 is 19.3. The highest BCUT2D eigenvalue weighted by molar-refractivity contribution is 14.1. The molecule has 4 nitrogen and oxygen atoms in total. The van der Waals surface area contributed by atoms with E-state index in [0.717, 1.165) is 3.57 Å². The molecule has 0 amide bonds. The largest absolute Gasteiger partial charge is 0.465 e. The number of nitrogens with zero attached hydrogens (tertiary/aromatic N) is 1. The third-order valence-electron chi connectivity index (χ3n) is 2.57. The van der Waals surface area contributed by atoms with Gasteiger partial charge in [0.05, 0.1) is 18.5 Å². The summed E-state index contributed by atoms with van der Waals surface area (Å²) in [5.41, 5.74) is 0.359. The number of ether oxygens (including phenoxy) is 1. The molecule has 0 fully saturated rings. The summed E-state index contributed by atoms with van der Waals surface area (Å²) in [6.07, 6.45) is 1.22. The molecule has 0 atom stereocenters. The predicted octanol–water partition coefficient (Wildman–Crippen LogP) is 4.66. The number of carbonyl (C=O) groups excluding carboxylic acids is 1. The molecule has 0 unspecified atom stereocenters. The topological polar surface area (TPSA) is 51.2 Å². The molecule has 1 heterocycles. The Morgan fingerprint density at radius 3 is 2.76 bits per heavy atom. The molecule has 0 aliphatic carbocycles. The van der Waals surface area contributed by atoms with Crippen LogP contribution in [0.1, 0.15) is 10.4 Å². The van der Waals surface area contributed by atoms with Crippen LogP contribution in [0.25, 0.3) is 0 Å². The average Bonchev–Trinajstić information content (AvgIpc) is 2.45. The number of benzene rings is 1. The Bertz CT molecular complexity index is 713. The summed E-state index contributed by atoms with van der Waals surface area (Å²) >= 11 is 13.9. The molecule has 0 saturated carbocycles. The van der Waals surface area contributed by atoms with Crippen molar-refractivity contribution in [1.82, 2.24) is 4.98 Å². The van der Waals surface area contributed by atoms with E-state index in [0.29, 0.717) is 0 Å². The normalized spacial score (nSPS) is 10.3. The molecule has 2 aromatic rings. The van der Waals surface area contributed by atoms with Crippen molar-refractivity contribution in [3.05, 3.63) is 49.5 Å². The molecular weight excluding hydrogens is 433 g/mol. The van der Waals surface area contributed by atoms with Crippen molar-refractivity contribution >= 4 is 63.1 Å². The quantitative estimate of drug-likeness (QED) is 0.428. The first-order chi connectivity index (χ1) is 9.93. The van der Waals surface area contributed by atoms with E-state index in [2.05, 4.69) is 15.0 Å². The van der Waals surface area contributed by atoms with Gasteiger partial charge in [0.25, 0.3) is 0 Å². The van der Waals surface area contributed by atoms with Gasteiger partial charge in [0.1, 0.15) is 21.6 Å². The molecule has 0 aliphatic heterocycles. The highest BCUT2D eigenvalue weighted by Crippen LogP contribution is 2.34. The third kappa shape index (κ3) is 3.56. The third-order valence-corrected chi connectivity index (χ3v) is 4.00. The lowest BCUT2D eigenvalue weighted by atomic mass is 10.2. The first-order valence-electron chi connectivity index (χ1n) is 5.58. The Kier molecular flexibility index (Phi) is 5.23. The van der Waals surface area contributed by atoms with Gasteiger partial charge < -0.3 is 10.1 Å². The molecule has 21 heavy (non-hydrogen) atoms. The van der Waals surface area contributed by atoms with Gasteiger partial charge in [0.2, 0.25) is 0 Å². The van der Waals surface area contributed by atoms with Gasteiger partial charge in [0, 0.05) is 9.77 Å². The number of aromatic nitrogens is 1. The Morgan fingerprint density at radius 1 is 1.43 bits per heavy atom. The van der Waals surface area contributed by atoms with E-state index in [4.69, 9.17) is 23.2 Å². The van der Waals surface area contributed by atoms with Gasteiger partial charge in [-0.2, -0.15) is 0 Å². The van der Waals surface area contributed by atoms with Gasteiger partial charge in [-0.05, 0) is 40.8 Å². The summed E-state index contributed by atoms with van der Waals surface area (Å²) in [5.74, 6) is -1.14. The standard InChI is InChI=1S/C13H8Cl2FIN2O2/c1-21-13(20)7-5-18-12(15)10(14)11(7)19-9-3-2-6(17)4-8(9)16/h2-5H,1H3,(H,18,19). The van der Waals surface area contributed by atoms with Gasteiger partial charge >= 0.3 is 5.97 Å². The Hall–Kier alpha value is -1.12. The molecule has 0 radical (unpaired) electrons. The number of esters is 1. The van der Waals surface area contributed by atoms with Crippen LogP contribution in [0.2, 0.25) is 10.2 Å². The molecule has 1 N–H and O–H groups in total. The van der Waals surface area contributed by atoms with Crippen molar-refractivity contribution in [3.63, 3.8) is 0 Å². The number of rotatable bonds is 3. The number of halogens is 4. The monoisotopic (exact) mass is 440 g/mol. The number of hydrogen-bond acceptors (Lipinski definition) is 4. The fourth-order valence-corrected chi connectivity index (χ4v) is 2.37. The predicted molar refractivity (Wildman–Crippen MR) is 88.0 cm³/mol. The average molecular weight is 441 g/mol. The molecule has 1 aromatic carbocycles. The second-order valence-electron chi connectivity index (χ2n) is 3.89. The van der Waals surface area contributed by atoms with Crippen molar-refractivity contribution in [3.8, 4) is 0 Å². The Balaban J connectivity index is 2.51. The molecule has 0 saturated heterocycles. The number of pyridine rings is 1. The summed E-state index contributed by atoms with van der Waals surface area (Å²) in [6, 6.07) is 4.58. The van der Waals surface area contributed by atoms with E-state index < -0.39 is 11.8 Å². The Morgan fingerprint density at radius 2 is 2.14 bits per heavy atom. The van der Waals surface area contributed by atoms with Crippen LogP contribution in [-0.4, -0.2) is 18.1 Å². The van der Waals surface area contributed by atoms with E-state index >= 15 is 0 Å². The van der Waals surface area contributed by atoms with Crippen LogP contribution >= 0.6 is 45.8 Å². The second-order valence-corrected chi connectivity index (χ2v) is 5.87. The van der Waals surface area contributed by atoms with E-state index in [9.17, 15) is 9.18 Å². The second kappa shape index (κ2) is 6.76. The van der Waals surface area contributed by atoms with Crippen LogP contribution in [0.5, 0.6) is 0 Å². The summed E-state index contributed by atoms with van der Waals surface area (Å²) in [4.78, 5) is 15.5. The van der Waals surface area contributed by atoms with Gasteiger partial charge in [-0.3, -0.25) is 0 Å². The fourth-order valence-electron chi connectivity index (χ4n) is 1.58. The zero-order valence-corrected chi connectivity index (χ0v) is 14.3. The lowest BCUT2D eigenvalue weighted by Gasteiger charge is -2.13. The van der Waals surface area contributed by atoms with Crippen molar-refractivity contribution in [2.75, 3.05) is 12.4 Å². The van der Waals surface area contributed by atoms with Gasteiger partial charge in [-0.15, -0.1) is 0 Å². The SMILES string of the molecule is COC(=O)c1cnc(Cl)c(Cl)c1Nc1ccc(I)cc1F. The number of anilines is 2. The highest BCUT2D eigenvalue weighted by atomic mass is 127. The number of hydrogen-bond donors (Lipinski definition) is 1. The van der Waals surface area contributed by atoms with Crippen molar-refractivity contribution in [1.29, 1.82) is 0 Å². The van der Waals surface area contributed by atoms with Crippen LogP contribution in [0.15, 0.2) is 24.4 Å². The van der Waals surface area contributed by atoms with Crippen LogP contribution in [0, 0.1) is 9.39 Å². The van der Waals surface area contributed by atoms with E-state index in [-0.39, 0.29) is 27.1 Å². The Labute approximate surface area is 143 Å². The maximum absolute atomic E-state index is 13.9. The maximum atomic E-state index is 13.9. The van der Waals surface area contributed by atoms with Crippen LogP contribution in [0.3, 0.4) is 0 Å². The molecule has 1 aromatic heterocycles. The number of nitrogens with one attached hydrogen (secondary N) is 1. The lowest BCUT2D eigenvalue weighted by molar-refractivity contribution is 0.0601. The van der Waals surface area contributed by atoms with E-state index in [1.165, 1.54) is 25.4 Å². The van der Waals surface area contributed by atoms with Gasteiger partial charge in [0.15, 0.2) is 0 Å². The first kappa shape index (κ1) is 16.3. The first-order valence-corrected chi connectivity index (χ1v) is 7.42. The number of methoxy groups -OCH3 is 1. The fraction of sp³-hybridized carbons (Fsp3) is 0.0769. The van der Waals surface area contributed by atoms with Crippen molar-refractivity contribution in [2.24, 2.45) is 0 Å². The number of carbonyl (C=O) groups is 1. The summed E-state index contributed by atoms with van der Waals surface area (Å²) in [6.45, 7) is 0. The van der Waals surface area contributed by atoms with Gasteiger partial charge in [-0.1, -0.05) is 23.2 Å². The van der Waals surface area contributed by atoms with Crippen LogP contribution in [0.4, 0.5) is 15.8 Å². The zero-order chi connectivity index (χ0) is 15.6. The lowest BCUT2D eigenvalue weighted by Crippen LogP contribution is -2.08.